The molecular weight excluding hydrogens is 340 g/mol. The summed E-state index contributed by atoms with van der Waals surface area (Å²) in [5, 5.41) is 13.6. The first-order valence-electron chi connectivity index (χ1n) is 9.00. The first-order chi connectivity index (χ1) is 12.3. The maximum atomic E-state index is 12.0. The fraction of sp³-hybridized carbons (Fsp3) is 0.500. The van der Waals surface area contributed by atoms with E-state index in [9.17, 15) is 10.1 Å². The molecule has 5 nitrogen and oxygen atoms in total. The molecule has 1 aliphatic rings. The Morgan fingerprint density at radius 3 is 2.92 bits per heavy atom. The van der Waals surface area contributed by atoms with E-state index in [0.29, 0.717) is 37.2 Å². The molecule has 1 atom stereocenters. The molecule has 0 aromatic carbocycles. The van der Waals surface area contributed by atoms with Crippen LogP contribution in [0.25, 0.3) is 0 Å². The minimum absolute atomic E-state index is 0.0232. The molecule has 0 saturated heterocycles. The van der Waals surface area contributed by atoms with Crippen LogP contribution in [0, 0.1) is 28.7 Å². The van der Waals surface area contributed by atoms with E-state index >= 15 is 0 Å². The fourth-order valence-electron chi connectivity index (χ4n) is 2.85. The summed E-state index contributed by atoms with van der Waals surface area (Å²) < 4.78 is 1.76. The quantitative estimate of drug-likeness (QED) is 0.330. The van der Waals surface area contributed by atoms with E-state index in [-0.39, 0.29) is 11.7 Å². The van der Waals surface area contributed by atoms with Crippen LogP contribution in [-0.4, -0.2) is 29.3 Å². The number of allylic oxidation sites excluding steroid dienone is 1. The van der Waals surface area contributed by atoms with E-state index in [4.69, 9.17) is 0 Å². The van der Waals surface area contributed by atoms with Gasteiger partial charge < -0.3 is 0 Å². The molecule has 26 heavy (non-hydrogen) atoms. The Hall–Kier alpha value is -2.44. The molecule has 0 N–H and O–H groups in total. The molecule has 6 heteroatoms. The molecule has 136 valence electrons. The van der Waals surface area contributed by atoms with Crippen molar-refractivity contribution in [2.24, 2.45) is 10.9 Å². The zero-order valence-electron chi connectivity index (χ0n) is 15.9. The van der Waals surface area contributed by atoms with Crippen molar-refractivity contribution in [3.63, 3.8) is 0 Å². The summed E-state index contributed by atoms with van der Waals surface area (Å²) in [6, 6.07) is 2.15. The Kier molecular flexibility index (Phi) is 6.71. The standard InChI is InChI=1S/C20H26N4OSi/c1-5-9-16-12-18(13-19(16)25)23-20-17(14-21)15-22-24(20)10-7-6-8-11-26(2,3)4/h5,15-16H,1,6-7,9-10,12-13H2,2-4H3. The molecule has 0 aliphatic heterocycles. The van der Waals surface area contributed by atoms with Crippen LogP contribution in [0.5, 0.6) is 0 Å². The molecule has 0 amide bonds. The molecule has 1 heterocycles. The number of aliphatic imine (C=N–C) groups is 1. The number of aromatic nitrogens is 2. The first-order valence-corrected chi connectivity index (χ1v) is 12.5. The highest BCUT2D eigenvalue weighted by molar-refractivity contribution is 6.83. The van der Waals surface area contributed by atoms with E-state index in [1.165, 1.54) is 0 Å². The van der Waals surface area contributed by atoms with Crippen molar-refractivity contribution in [1.82, 2.24) is 9.78 Å². The fourth-order valence-corrected chi connectivity index (χ4v) is 3.51. The van der Waals surface area contributed by atoms with Crippen molar-refractivity contribution in [1.29, 1.82) is 5.26 Å². The van der Waals surface area contributed by atoms with E-state index in [1.807, 2.05) is 0 Å². The van der Waals surface area contributed by atoms with Gasteiger partial charge in [0.25, 0.3) is 0 Å². The zero-order valence-corrected chi connectivity index (χ0v) is 16.9. The van der Waals surface area contributed by atoms with Crippen LogP contribution in [0.1, 0.15) is 37.7 Å². The third-order valence-electron chi connectivity index (χ3n) is 4.10. The van der Waals surface area contributed by atoms with E-state index in [0.717, 1.165) is 18.6 Å². The molecule has 0 spiro atoms. The summed E-state index contributed by atoms with van der Waals surface area (Å²) >= 11 is 0. The van der Waals surface area contributed by atoms with Gasteiger partial charge in [0.05, 0.1) is 6.20 Å². The lowest BCUT2D eigenvalue weighted by atomic mass is 10.0. The molecule has 0 bridgehead atoms. The molecule has 0 radical (unpaired) electrons. The second kappa shape index (κ2) is 8.78. The third-order valence-corrected chi connectivity index (χ3v) is 5.02. The lowest BCUT2D eigenvalue weighted by Crippen LogP contribution is -2.16. The number of aryl methyl sites for hydroxylation is 1. The van der Waals surface area contributed by atoms with Crippen LogP contribution < -0.4 is 0 Å². The van der Waals surface area contributed by atoms with Crippen LogP contribution >= 0.6 is 0 Å². The van der Waals surface area contributed by atoms with Gasteiger partial charge in [0.2, 0.25) is 0 Å². The Balaban J connectivity index is 2.09. The highest BCUT2D eigenvalue weighted by Gasteiger charge is 2.28. The lowest BCUT2D eigenvalue weighted by Gasteiger charge is -2.05. The Labute approximate surface area is 156 Å². The maximum Gasteiger partial charge on any atom is 0.168 e. The Bertz CT molecular complexity index is 812. The number of Topliss-reactive ketones (excluding diaryl/α,β-unsaturated/α-hetero) is 1. The van der Waals surface area contributed by atoms with Gasteiger partial charge in [0.15, 0.2) is 5.82 Å². The van der Waals surface area contributed by atoms with Crippen molar-refractivity contribution in [3.05, 3.63) is 24.4 Å². The van der Waals surface area contributed by atoms with Crippen LogP contribution in [0.2, 0.25) is 19.6 Å². The number of ketones is 1. The van der Waals surface area contributed by atoms with E-state index in [1.54, 1.807) is 17.0 Å². The predicted octanol–water partition coefficient (Wildman–Crippen LogP) is 4.04. The number of rotatable bonds is 6. The van der Waals surface area contributed by atoms with Crippen molar-refractivity contribution in [2.75, 3.05) is 0 Å². The number of hydrogen-bond acceptors (Lipinski definition) is 4. The highest BCUT2D eigenvalue weighted by atomic mass is 28.3. The first kappa shape index (κ1) is 19.9. The van der Waals surface area contributed by atoms with Crippen molar-refractivity contribution in [2.45, 2.75) is 58.3 Å². The predicted molar refractivity (Wildman–Crippen MR) is 107 cm³/mol. The summed E-state index contributed by atoms with van der Waals surface area (Å²) in [5.74, 6) is 3.99. The van der Waals surface area contributed by atoms with Gasteiger partial charge in [-0.1, -0.05) is 25.7 Å². The smallest absolute Gasteiger partial charge is 0.168 e. The van der Waals surface area contributed by atoms with Crippen molar-refractivity contribution < 1.29 is 4.79 Å². The molecular formula is C20H26N4OSi. The van der Waals surface area contributed by atoms with E-state index in [2.05, 4.69) is 53.8 Å². The number of nitrogens with zero attached hydrogens (tertiary/aromatic N) is 4. The van der Waals surface area contributed by atoms with Crippen molar-refractivity contribution >= 4 is 25.4 Å². The summed E-state index contributed by atoms with van der Waals surface area (Å²) in [5.41, 5.74) is 4.63. The highest BCUT2D eigenvalue weighted by Crippen LogP contribution is 2.27. The average Bonchev–Trinajstić information content (AvgIpc) is 3.10. The van der Waals surface area contributed by atoms with Gasteiger partial charge in [0.1, 0.15) is 25.5 Å². The molecule has 1 aromatic rings. The van der Waals surface area contributed by atoms with Crippen LogP contribution in [0.15, 0.2) is 23.8 Å². The van der Waals surface area contributed by atoms with Gasteiger partial charge >= 0.3 is 0 Å². The summed E-state index contributed by atoms with van der Waals surface area (Å²) in [7, 11) is -1.33. The van der Waals surface area contributed by atoms with Crippen LogP contribution in [-0.2, 0) is 11.3 Å². The monoisotopic (exact) mass is 366 g/mol. The average molecular weight is 367 g/mol. The number of carbonyl (C=O) groups is 1. The zero-order chi connectivity index (χ0) is 19.2. The van der Waals surface area contributed by atoms with Crippen molar-refractivity contribution in [3.8, 4) is 17.5 Å². The summed E-state index contributed by atoms with van der Waals surface area (Å²) in [6.45, 7) is 11.0. The normalized spacial score (nSPS) is 18.5. The van der Waals surface area contributed by atoms with E-state index < -0.39 is 8.07 Å². The molecule has 1 aliphatic carbocycles. The van der Waals surface area contributed by atoms with Gasteiger partial charge in [-0.15, -0.1) is 18.0 Å². The summed E-state index contributed by atoms with van der Waals surface area (Å²) in [6.07, 6.45) is 6.67. The second-order valence-corrected chi connectivity index (χ2v) is 12.4. The molecule has 2 rings (SSSR count). The molecule has 1 saturated carbocycles. The Morgan fingerprint density at radius 1 is 1.50 bits per heavy atom. The number of carbonyl (C=O) groups excluding carboxylic acids is 1. The second-order valence-electron chi connectivity index (χ2n) is 7.62. The van der Waals surface area contributed by atoms with Gasteiger partial charge in [-0.3, -0.25) is 4.79 Å². The third kappa shape index (κ3) is 5.54. The molecule has 1 aromatic heterocycles. The van der Waals surface area contributed by atoms with Gasteiger partial charge in [-0.2, -0.15) is 10.4 Å². The SMILES string of the molecule is C=CCC1CC(=Nc2c(C#N)cnn2CCCC#C[Si](C)(C)C)CC1=O. The number of nitriles is 1. The van der Waals surface area contributed by atoms with Gasteiger partial charge in [0, 0.05) is 31.0 Å². The Morgan fingerprint density at radius 2 is 2.27 bits per heavy atom. The molecule has 1 fully saturated rings. The van der Waals surface area contributed by atoms with Crippen LogP contribution in [0.4, 0.5) is 5.82 Å². The topological polar surface area (TPSA) is 71.0 Å². The minimum Gasteiger partial charge on any atom is -0.299 e. The number of unbranched alkanes of at least 4 members (excludes halogenated alkanes) is 1. The maximum absolute atomic E-state index is 12.0. The minimum atomic E-state index is -1.33. The lowest BCUT2D eigenvalue weighted by molar-refractivity contribution is -0.120. The summed E-state index contributed by atoms with van der Waals surface area (Å²) in [4.78, 5) is 16.7. The largest absolute Gasteiger partial charge is 0.299 e. The van der Waals surface area contributed by atoms with Gasteiger partial charge in [-0.05, 0) is 19.3 Å². The number of hydrogen-bond donors (Lipinski definition) is 0. The van der Waals surface area contributed by atoms with Gasteiger partial charge in [-0.25, -0.2) is 9.67 Å². The van der Waals surface area contributed by atoms with Crippen LogP contribution in [0.3, 0.4) is 0 Å². The molecule has 1 unspecified atom stereocenters.